The molecule has 0 amide bonds. The minimum atomic E-state index is -3.03. The van der Waals surface area contributed by atoms with E-state index in [1.165, 1.54) is 19.2 Å². The molecule has 0 N–H and O–H groups in total. The molecule has 0 aliphatic heterocycles. The first-order valence-electron chi connectivity index (χ1n) is 5.47. The third kappa shape index (κ3) is 2.18. The molecule has 0 fully saturated rings. The van der Waals surface area contributed by atoms with Gasteiger partial charge in [-0.25, -0.2) is 13.8 Å². The van der Waals surface area contributed by atoms with Crippen molar-refractivity contribution in [3.05, 3.63) is 39.4 Å². The monoisotopic (exact) mass is 306 g/mol. The summed E-state index contributed by atoms with van der Waals surface area (Å²) in [6.45, 7) is -3.03. The van der Waals surface area contributed by atoms with Crippen molar-refractivity contribution in [2.45, 2.75) is 6.55 Å². The number of methoxy groups -OCH3 is 1. The number of rotatable bonds is 3. The largest absolute Gasteiger partial charge is 0.497 e. The van der Waals surface area contributed by atoms with Crippen LogP contribution < -0.4 is 10.3 Å². The average molecular weight is 307 g/mol. The zero-order chi connectivity index (χ0) is 15.0. The van der Waals surface area contributed by atoms with Crippen molar-refractivity contribution >= 4 is 11.6 Å². The highest BCUT2D eigenvalue weighted by atomic mass is 35.5. The van der Waals surface area contributed by atoms with Crippen LogP contribution in [-0.4, -0.2) is 16.5 Å². The molecule has 0 aliphatic rings. The first-order chi connectivity index (χ1) is 9.38. The zero-order valence-corrected chi connectivity index (χ0v) is 11.3. The van der Waals surface area contributed by atoms with Gasteiger partial charge in [-0.3, -0.25) is 4.79 Å². The van der Waals surface area contributed by atoms with E-state index in [2.05, 4.69) is 0 Å². The number of halogens is 4. The molecule has 20 heavy (non-hydrogen) atoms. The van der Waals surface area contributed by atoms with E-state index >= 15 is 0 Å². The minimum absolute atomic E-state index is 0.200. The van der Waals surface area contributed by atoms with Crippen LogP contribution in [-0.2, 0) is 7.05 Å². The highest BCUT2D eigenvalue weighted by molar-refractivity contribution is 6.33. The van der Waals surface area contributed by atoms with E-state index in [-0.39, 0.29) is 17.0 Å². The van der Waals surface area contributed by atoms with E-state index in [1.807, 2.05) is 0 Å². The maximum absolute atomic E-state index is 14.0. The topological polar surface area (TPSA) is 36.2 Å². The van der Waals surface area contributed by atoms with Crippen molar-refractivity contribution in [2.24, 2.45) is 7.05 Å². The van der Waals surface area contributed by atoms with Gasteiger partial charge in [0.2, 0.25) is 0 Å². The highest BCUT2D eigenvalue weighted by Crippen LogP contribution is 2.32. The first-order valence-corrected chi connectivity index (χ1v) is 5.85. The lowest BCUT2D eigenvalue weighted by Crippen LogP contribution is -2.20. The summed E-state index contributed by atoms with van der Waals surface area (Å²) in [5.74, 6) is -0.588. The van der Waals surface area contributed by atoms with E-state index in [4.69, 9.17) is 16.3 Å². The Morgan fingerprint density at radius 1 is 1.35 bits per heavy atom. The van der Waals surface area contributed by atoms with Crippen LogP contribution >= 0.6 is 11.6 Å². The van der Waals surface area contributed by atoms with E-state index in [1.54, 1.807) is 0 Å². The van der Waals surface area contributed by atoms with E-state index < -0.39 is 22.9 Å². The number of ether oxygens (including phenoxy) is 1. The molecule has 0 atom stereocenters. The molecule has 0 spiro atoms. The van der Waals surface area contributed by atoms with Gasteiger partial charge in [0.15, 0.2) is 0 Å². The average Bonchev–Trinajstić information content (AvgIpc) is 2.63. The summed E-state index contributed by atoms with van der Waals surface area (Å²) < 4.78 is 45.9. The predicted octanol–water partition coefficient (Wildman–Crippen LogP) is 3.05. The SMILES string of the molecule is COc1ccc(-c2c(Cl)c(=O)n(C)n2C(F)F)c(F)c1. The number of hydrogen-bond donors (Lipinski definition) is 0. The van der Waals surface area contributed by atoms with Crippen LogP contribution in [0.1, 0.15) is 6.55 Å². The maximum atomic E-state index is 14.0. The van der Waals surface area contributed by atoms with Gasteiger partial charge in [0.1, 0.15) is 16.6 Å². The summed E-state index contributed by atoms with van der Waals surface area (Å²) in [6, 6.07) is 3.65. The van der Waals surface area contributed by atoms with Crippen LogP contribution in [0.4, 0.5) is 13.2 Å². The van der Waals surface area contributed by atoms with Gasteiger partial charge < -0.3 is 4.74 Å². The van der Waals surface area contributed by atoms with Gasteiger partial charge in [0.25, 0.3) is 5.56 Å². The van der Waals surface area contributed by atoms with Crippen molar-refractivity contribution in [3.8, 4) is 17.0 Å². The Balaban J connectivity index is 2.76. The summed E-state index contributed by atoms with van der Waals surface area (Å²) in [5.41, 5.74) is -1.39. The Morgan fingerprint density at radius 2 is 2.00 bits per heavy atom. The molecule has 0 saturated carbocycles. The van der Waals surface area contributed by atoms with Gasteiger partial charge in [-0.2, -0.15) is 8.78 Å². The Labute approximate surface area is 116 Å². The van der Waals surface area contributed by atoms with Gasteiger partial charge in [0.05, 0.1) is 12.8 Å². The normalized spacial score (nSPS) is 11.2. The predicted molar refractivity (Wildman–Crippen MR) is 67.9 cm³/mol. The van der Waals surface area contributed by atoms with Crippen LogP contribution in [0.3, 0.4) is 0 Å². The van der Waals surface area contributed by atoms with Crippen LogP contribution in [0.5, 0.6) is 5.75 Å². The zero-order valence-electron chi connectivity index (χ0n) is 10.5. The van der Waals surface area contributed by atoms with Gasteiger partial charge in [0, 0.05) is 18.7 Å². The molecule has 4 nitrogen and oxygen atoms in total. The molecular weight excluding hydrogens is 297 g/mol. The standard InChI is InChI=1S/C12H10ClF3N2O2/c1-17-11(19)9(13)10(18(17)12(15)16)7-4-3-6(20-2)5-8(7)14/h3-5,12H,1-2H3. The summed E-state index contributed by atoms with van der Waals surface area (Å²) >= 11 is 5.76. The third-order valence-electron chi connectivity index (χ3n) is 2.86. The number of alkyl halides is 2. The number of benzene rings is 1. The Bertz CT molecular complexity index is 709. The molecule has 2 rings (SSSR count). The molecule has 1 aromatic carbocycles. The van der Waals surface area contributed by atoms with Crippen molar-refractivity contribution in [2.75, 3.05) is 7.11 Å². The lowest BCUT2D eigenvalue weighted by molar-refractivity contribution is 0.0463. The van der Waals surface area contributed by atoms with E-state index in [9.17, 15) is 18.0 Å². The van der Waals surface area contributed by atoms with Crippen molar-refractivity contribution < 1.29 is 17.9 Å². The Morgan fingerprint density at radius 3 is 2.50 bits per heavy atom. The van der Waals surface area contributed by atoms with Gasteiger partial charge >= 0.3 is 6.55 Å². The van der Waals surface area contributed by atoms with Crippen LogP contribution in [0.25, 0.3) is 11.3 Å². The van der Waals surface area contributed by atoms with Crippen molar-refractivity contribution in [1.82, 2.24) is 9.36 Å². The Hall–Kier alpha value is -1.89. The number of hydrogen-bond acceptors (Lipinski definition) is 2. The summed E-state index contributed by atoms with van der Waals surface area (Å²) in [7, 11) is 2.48. The summed E-state index contributed by atoms with van der Waals surface area (Å²) in [5, 5.41) is -0.461. The number of aromatic nitrogens is 2. The van der Waals surface area contributed by atoms with Crippen molar-refractivity contribution in [1.29, 1.82) is 0 Å². The summed E-state index contributed by atoms with van der Waals surface area (Å²) in [6.07, 6.45) is 0. The van der Waals surface area contributed by atoms with Gasteiger partial charge in [-0.1, -0.05) is 11.6 Å². The Kier molecular flexibility index (Phi) is 3.80. The third-order valence-corrected chi connectivity index (χ3v) is 3.20. The second kappa shape index (κ2) is 5.24. The maximum Gasteiger partial charge on any atom is 0.332 e. The molecule has 8 heteroatoms. The smallest absolute Gasteiger partial charge is 0.332 e. The highest BCUT2D eigenvalue weighted by Gasteiger charge is 2.25. The van der Waals surface area contributed by atoms with Crippen molar-refractivity contribution in [3.63, 3.8) is 0 Å². The van der Waals surface area contributed by atoms with Crippen LogP contribution in [0.2, 0.25) is 5.02 Å². The lowest BCUT2D eigenvalue weighted by Gasteiger charge is -2.12. The van der Waals surface area contributed by atoms with Crippen LogP contribution in [0, 0.1) is 5.82 Å². The quantitative estimate of drug-likeness (QED) is 0.874. The first kappa shape index (κ1) is 14.5. The molecule has 0 bridgehead atoms. The molecule has 0 radical (unpaired) electrons. The molecule has 1 heterocycles. The molecule has 1 aromatic heterocycles. The molecule has 2 aromatic rings. The van der Waals surface area contributed by atoms with Gasteiger partial charge in [-0.05, 0) is 12.1 Å². The van der Waals surface area contributed by atoms with Gasteiger partial charge in [-0.15, -0.1) is 0 Å². The minimum Gasteiger partial charge on any atom is -0.497 e. The van der Waals surface area contributed by atoms with Crippen LogP contribution in [0.15, 0.2) is 23.0 Å². The fourth-order valence-electron chi connectivity index (χ4n) is 1.88. The van der Waals surface area contributed by atoms with E-state index in [0.717, 1.165) is 13.1 Å². The van der Waals surface area contributed by atoms with E-state index in [0.29, 0.717) is 9.36 Å². The molecular formula is C12H10ClF3N2O2. The molecule has 0 aliphatic carbocycles. The second-order valence-corrected chi connectivity index (χ2v) is 4.34. The summed E-state index contributed by atoms with van der Waals surface area (Å²) in [4.78, 5) is 11.7. The lowest BCUT2D eigenvalue weighted by atomic mass is 10.1. The number of nitrogens with zero attached hydrogens (tertiary/aromatic N) is 2. The molecule has 0 unspecified atom stereocenters. The fourth-order valence-corrected chi connectivity index (χ4v) is 2.19. The second-order valence-electron chi connectivity index (χ2n) is 3.96. The fraction of sp³-hybridized carbons (Fsp3) is 0.250. The molecule has 0 saturated heterocycles. The molecule has 108 valence electrons.